The second-order valence-electron chi connectivity index (χ2n) is 5.79. The molecule has 7 nitrogen and oxygen atoms in total. The first-order chi connectivity index (χ1) is 13.8. The van der Waals surface area contributed by atoms with Crippen molar-refractivity contribution in [2.24, 2.45) is 0 Å². The molecule has 0 atom stereocenters. The summed E-state index contributed by atoms with van der Waals surface area (Å²) >= 11 is 5.84. The van der Waals surface area contributed by atoms with Crippen LogP contribution in [0.5, 0.6) is 5.75 Å². The third-order valence-corrected chi connectivity index (χ3v) is 5.67. The van der Waals surface area contributed by atoms with E-state index in [2.05, 4.69) is 15.0 Å². The third-order valence-electron chi connectivity index (χ3n) is 3.81. The highest BCUT2D eigenvalue weighted by Crippen LogP contribution is 2.30. The van der Waals surface area contributed by atoms with E-state index in [-0.39, 0.29) is 21.4 Å². The Balaban J connectivity index is 1.84. The summed E-state index contributed by atoms with van der Waals surface area (Å²) in [6.07, 6.45) is 2.96. The lowest BCUT2D eigenvalue weighted by Gasteiger charge is -2.14. The molecule has 0 aliphatic heterocycles. The molecule has 0 fully saturated rings. The molecule has 1 heterocycles. The van der Waals surface area contributed by atoms with Crippen LogP contribution < -0.4 is 14.8 Å². The molecule has 1 amide bonds. The number of methoxy groups -OCH3 is 1. The van der Waals surface area contributed by atoms with Gasteiger partial charge in [0.1, 0.15) is 16.5 Å². The first-order valence-corrected chi connectivity index (χ1v) is 10.0. The van der Waals surface area contributed by atoms with Gasteiger partial charge in [-0.3, -0.25) is 14.5 Å². The van der Waals surface area contributed by atoms with Crippen LogP contribution in [-0.2, 0) is 10.0 Å². The van der Waals surface area contributed by atoms with Gasteiger partial charge in [0.05, 0.1) is 29.1 Å². The number of hydrogen-bond acceptors (Lipinski definition) is 5. The molecule has 29 heavy (non-hydrogen) atoms. The van der Waals surface area contributed by atoms with Crippen molar-refractivity contribution in [2.45, 2.75) is 4.90 Å². The summed E-state index contributed by atoms with van der Waals surface area (Å²) in [6, 6.07) is 10.5. The summed E-state index contributed by atoms with van der Waals surface area (Å²) in [5.41, 5.74) is 0.857. The van der Waals surface area contributed by atoms with Crippen molar-refractivity contribution in [2.75, 3.05) is 17.1 Å². The molecule has 2 aromatic carbocycles. The predicted molar refractivity (Wildman–Crippen MR) is 107 cm³/mol. The minimum absolute atomic E-state index is 0.168. The van der Waals surface area contributed by atoms with Crippen LogP contribution in [0.4, 0.5) is 15.8 Å². The summed E-state index contributed by atoms with van der Waals surface area (Å²) < 4.78 is 45.9. The zero-order valence-corrected chi connectivity index (χ0v) is 16.6. The van der Waals surface area contributed by atoms with Crippen LogP contribution in [0.3, 0.4) is 0 Å². The topological polar surface area (TPSA) is 97.4 Å². The molecule has 0 saturated heterocycles. The number of nitrogens with one attached hydrogen (secondary N) is 2. The molecule has 0 radical (unpaired) electrons. The molecule has 3 aromatic rings. The molecule has 0 bridgehead atoms. The Morgan fingerprint density at radius 1 is 1.17 bits per heavy atom. The minimum Gasteiger partial charge on any atom is -0.494 e. The van der Waals surface area contributed by atoms with Crippen LogP contribution in [0, 0.1) is 5.82 Å². The van der Waals surface area contributed by atoms with E-state index in [1.165, 1.54) is 31.5 Å². The fourth-order valence-electron chi connectivity index (χ4n) is 2.45. The molecule has 150 valence electrons. The van der Waals surface area contributed by atoms with Gasteiger partial charge in [-0.2, -0.15) is 0 Å². The lowest BCUT2D eigenvalue weighted by Crippen LogP contribution is -2.15. The molecule has 3 rings (SSSR count). The van der Waals surface area contributed by atoms with Crippen LogP contribution in [-0.4, -0.2) is 26.4 Å². The number of amides is 1. The second-order valence-corrected chi connectivity index (χ2v) is 7.85. The summed E-state index contributed by atoms with van der Waals surface area (Å²) in [4.78, 5) is 15.9. The van der Waals surface area contributed by atoms with Crippen molar-refractivity contribution in [3.8, 4) is 5.75 Å². The molecule has 0 unspecified atom stereocenters. The van der Waals surface area contributed by atoms with Gasteiger partial charge >= 0.3 is 0 Å². The fraction of sp³-hybridized carbons (Fsp3) is 0.0526. The minimum atomic E-state index is -4.06. The quantitative estimate of drug-likeness (QED) is 0.611. The van der Waals surface area contributed by atoms with E-state index in [9.17, 15) is 17.6 Å². The Hall–Kier alpha value is -3.17. The number of halogens is 2. The Morgan fingerprint density at radius 2 is 1.97 bits per heavy atom. The number of carbonyl (C=O) groups is 1. The number of ether oxygens (including phenoxy) is 1. The molecule has 10 heteroatoms. The number of benzene rings is 2. The Kier molecular flexibility index (Phi) is 6.00. The van der Waals surface area contributed by atoms with Gasteiger partial charge in [-0.25, -0.2) is 12.8 Å². The first kappa shape index (κ1) is 20.6. The van der Waals surface area contributed by atoms with Crippen molar-refractivity contribution in [1.29, 1.82) is 0 Å². The number of anilines is 2. The van der Waals surface area contributed by atoms with Crippen molar-refractivity contribution in [3.63, 3.8) is 0 Å². The van der Waals surface area contributed by atoms with Gasteiger partial charge in [-0.15, -0.1) is 0 Å². The summed E-state index contributed by atoms with van der Waals surface area (Å²) in [6.45, 7) is 0. The van der Waals surface area contributed by atoms with Crippen molar-refractivity contribution >= 4 is 38.9 Å². The van der Waals surface area contributed by atoms with Gasteiger partial charge < -0.3 is 10.1 Å². The molecule has 1 aromatic heterocycles. The van der Waals surface area contributed by atoms with Crippen molar-refractivity contribution in [1.82, 2.24) is 4.98 Å². The van der Waals surface area contributed by atoms with E-state index < -0.39 is 21.7 Å². The van der Waals surface area contributed by atoms with Crippen molar-refractivity contribution in [3.05, 3.63) is 77.3 Å². The molecule has 0 saturated carbocycles. The maximum Gasteiger partial charge on any atom is 0.263 e. The Labute approximate surface area is 171 Å². The van der Waals surface area contributed by atoms with Crippen LogP contribution in [0.2, 0.25) is 5.02 Å². The maximum absolute atomic E-state index is 13.2. The van der Waals surface area contributed by atoms with Gasteiger partial charge in [-0.1, -0.05) is 11.6 Å². The molecular weight excluding hydrogens is 421 g/mol. The highest BCUT2D eigenvalue weighted by Gasteiger charge is 2.19. The molecule has 0 spiro atoms. The number of pyridine rings is 1. The third kappa shape index (κ3) is 4.82. The monoisotopic (exact) mass is 435 g/mol. The molecular formula is C19H15ClFN3O4S. The number of hydrogen-bond donors (Lipinski definition) is 2. The van der Waals surface area contributed by atoms with E-state index >= 15 is 0 Å². The highest BCUT2D eigenvalue weighted by atomic mass is 35.5. The van der Waals surface area contributed by atoms with Gasteiger partial charge in [0.2, 0.25) is 0 Å². The first-order valence-electron chi connectivity index (χ1n) is 8.17. The number of carbonyl (C=O) groups excluding carboxylic acids is 1. The summed E-state index contributed by atoms with van der Waals surface area (Å²) in [7, 11) is -2.69. The van der Waals surface area contributed by atoms with E-state index in [1.54, 1.807) is 18.3 Å². The average Bonchev–Trinajstić information content (AvgIpc) is 2.69. The molecule has 0 aliphatic rings. The fourth-order valence-corrected chi connectivity index (χ4v) is 4.03. The van der Waals surface area contributed by atoms with Gasteiger partial charge in [0, 0.05) is 18.5 Å². The number of sulfonamides is 1. The normalized spacial score (nSPS) is 11.0. The summed E-state index contributed by atoms with van der Waals surface area (Å²) in [5, 5.41) is 2.43. The number of rotatable bonds is 6. The largest absolute Gasteiger partial charge is 0.494 e. The lowest BCUT2D eigenvalue weighted by molar-refractivity contribution is 0.102. The molecule has 0 aliphatic carbocycles. The predicted octanol–water partition coefficient (Wildman–Crippen LogP) is 3.94. The number of aromatic nitrogens is 1. The Bertz CT molecular complexity index is 1160. The maximum atomic E-state index is 13.2. The lowest BCUT2D eigenvalue weighted by atomic mass is 10.2. The molecule has 2 N–H and O–H groups in total. The van der Waals surface area contributed by atoms with E-state index in [4.69, 9.17) is 16.3 Å². The van der Waals surface area contributed by atoms with Crippen LogP contribution in [0.25, 0.3) is 0 Å². The van der Waals surface area contributed by atoms with Crippen LogP contribution in [0.15, 0.2) is 65.8 Å². The van der Waals surface area contributed by atoms with E-state index in [0.29, 0.717) is 11.3 Å². The van der Waals surface area contributed by atoms with Crippen LogP contribution >= 0.6 is 11.6 Å². The number of nitrogens with zero attached hydrogens (tertiary/aromatic N) is 1. The highest BCUT2D eigenvalue weighted by molar-refractivity contribution is 7.92. The average molecular weight is 436 g/mol. The van der Waals surface area contributed by atoms with Gasteiger partial charge in [-0.05, 0) is 42.5 Å². The van der Waals surface area contributed by atoms with Crippen LogP contribution in [0.1, 0.15) is 10.4 Å². The SMILES string of the molecule is COc1cc(NS(=O)(=O)c2ccc(F)cc2Cl)ccc1NC(=O)c1cccnc1. The smallest absolute Gasteiger partial charge is 0.263 e. The van der Waals surface area contributed by atoms with E-state index in [0.717, 1.165) is 18.2 Å². The van der Waals surface area contributed by atoms with Gasteiger partial charge in [0.25, 0.3) is 15.9 Å². The van der Waals surface area contributed by atoms with Crippen molar-refractivity contribution < 1.29 is 22.3 Å². The zero-order chi connectivity index (χ0) is 21.0. The zero-order valence-electron chi connectivity index (χ0n) is 15.0. The van der Waals surface area contributed by atoms with Gasteiger partial charge in [0.15, 0.2) is 0 Å². The Morgan fingerprint density at radius 3 is 2.62 bits per heavy atom. The summed E-state index contributed by atoms with van der Waals surface area (Å²) in [5.74, 6) is -0.820. The standard InChI is InChI=1S/C19H15ClFN3O4S/c1-28-17-10-14(24-29(26,27)18-7-4-13(21)9-15(18)20)5-6-16(17)23-19(25)12-3-2-8-22-11-12/h2-11,24H,1H3,(H,23,25). The second kappa shape index (κ2) is 8.46. The van der Waals surface area contributed by atoms with E-state index in [1.807, 2.05) is 0 Å².